The number of aromatic nitrogens is 9. The molecule has 23 aromatic rings. The lowest BCUT2D eigenvalue weighted by molar-refractivity contribution is 0.647. The van der Waals surface area contributed by atoms with E-state index in [9.17, 15) is 0 Å². The van der Waals surface area contributed by atoms with Gasteiger partial charge in [-0.1, -0.05) is 375 Å². The highest BCUT2D eigenvalue weighted by Gasteiger charge is 2.40. The van der Waals surface area contributed by atoms with Gasteiger partial charge in [0.05, 0.1) is 11.1 Å². The van der Waals surface area contributed by atoms with Crippen molar-refractivity contribution >= 4 is 65.8 Å². The Bertz CT molecular complexity index is 8420. The van der Waals surface area contributed by atoms with Crippen LogP contribution in [0.25, 0.3) is 224 Å². The molecule has 0 atom stereocenters. The van der Waals surface area contributed by atoms with Gasteiger partial charge >= 0.3 is 0 Å². The van der Waals surface area contributed by atoms with Gasteiger partial charge in [-0.2, -0.15) is 0 Å². The van der Waals surface area contributed by atoms with Crippen LogP contribution in [0.4, 0.5) is 0 Å². The number of benzene rings is 17. The number of nitrogens with zero attached hydrogens (tertiary/aromatic N) is 9. The monoisotopic (exact) mass is 1700 g/mol. The maximum absolute atomic E-state index is 6.72. The molecule has 0 N–H and O–H groups in total. The first-order valence-electron chi connectivity index (χ1n) is 44.8. The van der Waals surface area contributed by atoms with Crippen LogP contribution in [0.5, 0.6) is 0 Å². The number of fused-ring (bicyclic) bond motifs is 18. The summed E-state index contributed by atoms with van der Waals surface area (Å²) in [5, 5.41) is 6.55. The number of furan rings is 3. The van der Waals surface area contributed by atoms with E-state index in [4.69, 9.17) is 58.1 Å². The van der Waals surface area contributed by atoms with Crippen molar-refractivity contribution in [1.82, 2.24) is 44.9 Å². The molecule has 6 heterocycles. The fourth-order valence-electron chi connectivity index (χ4n) is 20.1. The molecule has 0 spiro atoms. The Hall–Kier alpha value is -16.8. The maximum atomic E-state index is 6.72. The molecule has 0 amide bonds. The summed E-state index contributed by atoms with van der Waals surface area (Å²) in [6, 6.07) is 136. The molecule has 0 saturated carbocycles. The number of hydrogen-bond acceptors (Lipinski definition) is 12. The molecule has 0 unspecified atom stereocenters. The van der Waals surface area contributed by atoms with Gasteiger partial charge in [-0.15, -0.1) is 0 Å². The quantitative estimate of drug-likeness (QED) is 0.121. The first kappa shape index (κ1) is 78.6. The van der Waals surface area contributed by atoms with Crippen LogP contribution in [-0.2, 0) is 16.2 Å². The number of para-hydroxylation sites is 3. The lowest BCUT2D eigenvalue weighted by Crippen LogP contribution is -2.14. The molecule has 0 radical (unpaired) electrons. The van der Waals surface area contributed by atoms with Crippen LogP contribution in [0.3, 0.4) is 0 Å². The van der Waals surface area contributed by atoms with Crippen LogP contribution in [-0.4, -0.2) is 44.9 Å². The van der Waals surface area contributed by atoms with E-state index in [2.05, 4.69) is 266 Å². The van der Waals surface area contributed by atoms with E-state index < -0.39 is 0 Å². The highest BCUT2D eigenvalue weighted by molar-refractivity contribution is 6.14. The van der Waals surface area contributed by atoms with Crippen molar-refractivity contribution in [2.45, 2.75) is 57.8 Å². The average molecular weight is 1700 g/mol. The second kappa shape index (κ2) is 31.3. The van der Waals surface area contributed by atoms with Crippen molar-refractivity contribution in [3.05, 3.63) is 428 Å². The summed E-state index contributed by atoms with van der Waals surface area (Å²) in [5.74, 6) is 5.60. The van der Waals surface area contributed by atoms with Gasteiger partial charge < -0.3 is 13.3 Å². The van der Waals surface area contributed by atoms with Gasteiger partial charge in [0.25, 0.3) is 0 Å². The van der Waals surface area contributed by atoms with Crippen LogP contribution >= 0.6 is 0 Å². The molecule has 12 nitrogen and oxygen atoms in total. The van der Waals surface area contributed by atoms with Crippen molar-refractivity contribution in [3.8, 4) is 158 Å². The van der Waals surface area contributed by atoms with E-state index in [1.165, 1.54) is 66.8 Å². The first-order chi connectivity index (χ1) is 64.7. The standard InChI is InChI=1S/2C42H29N3O.C36H25N3O/c1-42(2)35-22-10-9-19-31(35)33-24-34-32-21-12-20-30(38(32)46-37(34)25-36(33)42)28-17-11-18-29(23-28)41-44-39(26-13-5-3-6-14-26)43-40(45-41)27-15-7-4-8-16-27;1-42(2)35-22-10-9-19-30(35)33-24-34-31-20-12-21-32(38(31)46-37(34)25-36(33)42)41-44-39(27-15-7-4-8-16-27)43-40(45-41)29-18-11-17-28(23-29)26-13-5-3-6-14-26;1-36(2)29-19-10-9-16-24(29)27-20-28-25-17-11-18-26(32(25)40-31(28)21-30(27)36)35-38-33(22-12-5-3-6-13-22)37-34(39-35)23-14-7-4-8-15-23/h2*3-25H,1-2H3;3-21H,1-2H3. The van der Waals surface area contributed by atoms with Gasteiger partial charge in [0.1, 0.15) is 33.5 Å². The van der Waals surface area contributed by atoms with Gasteiger partial charge in [0.15, 0.2) is 52.4 Å². The van der Waals surface area contributed by atoms with E-state index >= 15 is 0 Å². The Morgan fingerprint density at radius 2 is 0.379 bits per heavy atom. The first-order valence-corrected chi connectivity index (χ1v) is 44.8. The van der Waals surface area contributed by atoms with Gasteiger partial charge in [-0.3, -0.25) is 0 Å². The minimum atomic E-state index is -0.107. The van der Waals surface area contributed by atoms with Crippen molar-refractivity contribution in [3.63, 3.8) is 0 Å². The summed E-state index contributed by atoms with van der Waals surface area (Å²) in [4.78, 5) is 44.6. The molecule has 0 fully saturated rings. The molecule has 626 valence electrons. The Labute approximate surface area is 762 Å². The summed E-state index contributed by atoms with van der Waals surface area (Å²) >= 11 is 0. The summed E-state index contributed by atoms with van der Waals surface area (Å²) in [5.41, 5.74) is 33.1. The van der Waals surface area contributed by atoms with Gasteiger partial charge in [0.2, 0.25) is 0 Å². The molecular formula is C120H83N9O3. The Balaban J connectivity index is 0.000000110. The molecule has 0 bridgehead atoms. The highest BCUT2D eigenvalue weighted by Crippen LogP contribution is 2.55. The molecule has 12 heteroatoms. The minimum absolute atomic E-state index is 0.0853. The molecular weight excluding hydrogens is 1620 g/mol. The Kier molecular flexibility index (Phi) is 18.6. The fourth-order valence-corrected chi connectivity index (χ4v) is 20.1. The van der Waals surface area contributed by atoms with Crippen LogP contribution in [0.2, 0.25) is 0 Å². The lowest BCUT2D eigenvalue weighted by Gasteiger charge is -2.21. The van der Waals surface area contributed by atoms with E-state index in [1.807, 2.05) is 170 Å². The van der Waals surface area contributed by atoms with Crippen LogP contribution in [0, 0.1) is 0 Å². The van der Waals surface area contributed by atoms with Crippen molar-refractivity contribution < 1.29 is 13.3 Å². The smallest absolute Gasteiger partial charge is 0.167 e. The van der Waals surface area contributed by atoms with E-state index in [1.54, 1.807) is 0 Å². The van der Waals surface area contributed by atoms with E-state index in [0.717, 1.165) is 138 Å². The molecule has 3 aliphatic rings. The zero-order valence-corrected chi connectivity index (χ0v) is 73.3. The molecule has 0 saturated heterocycles. The Morgan fingerprint density at radius 3 is 0.705 bits per heavy atom. The predicted molar refractivity (Wildman–Crippen MR) is 534 cm³/mol. The van der Waals surface area contributed by atoms with Crippen LogP contribution < -0.4 is 0 Å². The largest absolute Gasteiger partial charge is 0.455 e. The third-order valence-corrected chi connectivity index (χ3v) is 26.8. The normalized spacial score (nSPS) is 13.3. The molecule has 132 heavy (non-hydrogen) atoms. The van der Waals surface area contributed by atoms with Crippen LogP contribution in [0.1, 0.15) is 74.9 Å². The van der Waals surface area contributed by atoms with Crippen molar-refractivity contribution in [2.24, 2.45) is 0 Å². The van der Waals surface area contributed by atoms with Crippen molar-refractivity contribution in [2.75, 3.05) is 0 Å². The SMILES string of the molecule is CC1(C)c2ccccc2-c2cc3c(cc21)oc1c(-c2cccc(-c4nc(-c5ccccc5)nc(-c5ccccc5)n4)c2)cccc13.CC1(C)c2ccccc2-c2cc3c(cc21)oc1c(-c2nc(-c4ccccc4)nc(-c4cccc(-c5ccccc5)c4)n2)cccc13.CC1(C)c2ccccc2-c2cc3c(cc21)oc1c(-c2nc(-c4ccccc4)nc(-c4ccccc4)n2)cccc13. The molecule has 0 aliphatic heterocycles. The zero-order chi connectivity index (χ0) is 88.5. The molecule has 3 aliphatic carbocycles. The molecule has 6 aromatic heterocycles. The second-order valence-electron chi connectivity index (χ2n) is 35.8. The highest BCUT2D eigenvalue weighted by atomic mass is 16.3. The molecule has 26 rings (SSSR count). The van der Waals surface area contributed by atoms with Crippen molar-refractivity contribution in [1.29, 1.82) is 0 Å². The van der Waals surface area contributed by atoms with Gasteiger partial charge in [-0.05, 0) is 144 Å². The van der Waals surface area contributed by atoms with Gasteiger partial charge in [-0.25, -0.2) is 44.9 Å². The average Bonchev–Trinajstić information content (AvgIpc) is 1.57. The third-order valence-electron chi connectivity index (χ3n) is 26.8. The van der Waals surface area contributed by atoms with E-state index in [-0.39, 0.29) is 16.2 Å². The zero-order valence-electron chi connectivity index (χ0n) is 73.3. The topological polar surface area (TPSA) is 155 Å². The van der Waals surface area contributed by atoms with Gasteiger partial charge in [0, 0.05) is 93.1 Å². The summed E-state index contributed by atoms with van der Waals surface area (Å²) in [6.07, 6.45) is 0. The summed E-state index contributed by atoms with van der Waals surface area (Å²) in [6.45, 7) is 13.8. The number of rotatable bonds is 11. The van der Waals surface area contributed by atoms with E-state index in [0.29, 0.717) is 52.4 Å². The summed E-state index contributed by atoms with van der Waals surface area (Å²) < 4.78 is 20.1. The van der Waals surface area contributed by atoms with Crippen LogP contribution in [0.15, 0.2) is 408 Å². The third kappa shape index (κ3) is 13.4. The number of hydrogen-bond donors (Lipinski definition) is 0. The predicted octanol–water partition coefficient (Wildman–Crippen LogP) is 30.6. The second-order valence-corrected chi connectivity index (χ2v) is 35.8. The lowest BCUT2D eigenvalue weighted by atomic mass is 9.82. The minimum Gasteiger partial charge on any atom is -0.455 e. The maximum Gasteiger partial charge on any atom is 0.167 e. The fraction of sp³-hybridized carbons (Fsp3) is 0.0750. The summed E-state index contributed by atoms with van der Waals surface area (Å²) in [7, 11) is 0. The Morgan fingerprint density at radius 1 is 0.152 bits per heavy atom. The molecule has 17 aromatic carbocycles.